The standard InChI is InChI=1S/C21H22ClN3O3/c1-28-19-5-3-2-4-17(19)14-23-24-20(26)15-10-12-25(13-11-15)21(27)16-6-8-18(22)9-7-16/h2-9,14-15H,10-13H2,1H3,(H,24,26)/b23-14-. The smallest absolute Gasteiger partial charge is 0.253 e. The zero-order valence-electron chi connectivity index (χ0n) is 15.6. The Morgan fingerprint density at radius 2 is 1.82 bits per heavy atom. The molecule has 0 unspecified atom stereocenters. The molecule has 1 aliphatic rings. The van der Waals surface area contributed by atoms with Crippen LogP contribution >= 0.6 is 11.6 Å². The largest absolute Gasteiger partial charge is 0.496 e. The summed E-state index contributed by atoms with van der Waals surface area (Å²) >= 11 is 5.87. The molecule has 0 aromatic heterocycles. The maximum Gasteiger partial charge on any atom is 0.253 e. The maximum absolute atomic E-state index is 12.5. The van der Waals surface area contributed by atoms with Crippen LogP contribution in [0.15, 0.2) is 53.6 Å². The maximum atomic E-state index is 12.5. The number of nitrogens with one attached hydrogen (secondary N) is 1. The first-order chi connectivity index (χ1) is 13.6. The predicted molar refractivity (Wildman–Crippen MR) is 109 cm³/mol. The highest BCUT2D eigenvalue weighted by molar-refractivity contribution is 6.30. The average Bonchev–Trinajstić information content (AvgIpc) is 2.74. The van der Waals surface area contributed by atoms with Crippen LogP contribution in [-0.2, 0) is 4.79 Å². The lowest BCUT2D eigenvalue weighted by Gasteiger charge is -2.31. The second-order valence-corrected chi connectivity index (χ2v) is 6.99. The third-order valence-corrected chi connectivity index (χ3v) is 5.01. The Kier molecular flexibility index (Phi) is 6.66. The van der Waals surface area contributed by atoms with E-state index in [2.05, 4.69) is 10.5 Å². The van der Waals surface area contributed by atoms with Crippen molar-refractivity contribution in [2.24, 2.45) is 11.0 Å². The number of likely N-dealkylation sites (tertiary alicyclic amines) is 1. The topological polar surface area (TPSA) is 71.0 Å². The highest BCUT2D eigenvalue weighted by atomic mass is 35.5. The van der Waals surface area contributed by atoms with E-state index in [1.54, 1.807) is 42.5 Å². The first kappa shape index (κ1) is 19.9. The molecule has 28 heavy (non-hydrogen) atoms. The molecular weight excluding hydrogens is 378 g/mol. The molecule has 146 valence electrons. The van der Waals surface area contributed by atoms with E-state index in [9.17, 15) is 9.59 Å². The molecule has 2 aromatic carbocycles. The lowest BCUT2D eigenvalue weighted by atomic mass is 9.95. The van der Waals surface area contributed by atoms with Gasteiger partial charge in [-0.05, 0) is 49.2 Å². The van der Waals surface area contributed by atoms with Gasteiger partial charge in [-0.25, -0.2) is 5.43 Å². The van der Waals surface area contributed by atoms with E-state index in [0.29, 0.717) is 42.3 Å². The van der Waals surface area contributed by atoms with Gasteiger partial charge in [-0.3, -0.25) is 9.59 Å². The predicted octanol–water partition coefficient (Wildman–Crippen LogP) is 3.35. The number of hydrogen-bond acceptors (Lipinski definition) is 4. The monoisotopic (exact) mass is 399 g/mol. The molecule has 1 aliphatic heterocycles. The van der Waals surface area contributed by atoms with Crippen LogP contribution in [0, 0.1) is 5.92 Å². The van der Waals surface area contributed by atoms with E-state index in [1.807, 2.05) is 24.3 Å². The Balaban J connectivity index is 1.50. The van der Waals surface area contributed by atoms with Crippen molar-refractivity contribution in [3.05, 3.63) is 64.7 Å². The number of methoxy groups -OCH3 is 1. The molecule has 0 radical (unpaired) electrons. The van der Waals surface area contributed by atoms with Crippen molar-refractivity contribution in [2.75, 3.05) is 20.2 Å². The van der Waals surface area contributed by atoms with Crippen LogP contribution in [0.2, 0.25) is 5.02 Å². The van der Waals surface area contributed by atoms with Gasteiger partial charge in [0.1, 0.15) is 5.75 Å². The molecule has 2 amide bonds. The molecule has 0 bridgehead atoms. The Hall–Kier alpha value is -2.86. The first-order valence-electron chi connectivity index (χ1n) is 9.09. The molecule has 1 heterocycles. The number of rotatable bonds is 5. The summed E-state index contributed by atoms with van der Waals surface area (Å²) in [6.45, 7) is 1.07. The highest BCUT2D eigenvalue weighted by Gasteiger charge is 2.27. The number of halogens is 1. The van der Waals surface area contributed by atoms with Gasteiger partial charge in [0.05, 0.1) is 13.3 Å². The minimum atomic E-state index is -0.163. The van der Waals surface area contributed by atoms with Crippen molar-refractivity contribution < 1.29 is 14.3 Å². The van der Waals surface area contributed by atoms with Gasteiger partial charge in [0.2, 0.25) is 5.91 Å². The van der Waals surface area contributed by atoms with Crippen LogP contribution in [0.3, 0.4) is 0 Å². The number of carbonyl (C=O) groups excluding carboxylic acids is 2. The van der Waals surface area contributed by atoms with Crippen molar-refractivity contribution in [2.45, 2.75) is 12.8 Å². The molecule has 1 saturated heterocycles. The van der Waals surface area contributed by atoms with Crippen LogP contribution < -0.4 is 10.2 Å². The van der Waals surface area contributed by atoms with Gasteiger partial charge in [-0.1, -0.05) is 23.7 Å². The quantitative estimate of drug-likeness (QED) is 0.619. The number of amides is 2. The molecule has 0 aliphatic carbocycles. The summed E-state index contributed by atoms with van der Waals surface area (Å²) < 4.78 is 5.25. The summed E-state index contributed by atoms with van der Waals surface area (Å²) in [5, 5.41) is 4.64. The van der Waals surface area contributed by atoms with Gasteiger partial charge >= 0.3 is 0 Å². The second-order valence-electron chi connectivity index (χ2n) is 6.55. The van der Waals surface area contributed by atoms with E-state index in [0.717, 1.165) is 5.56 Å². The molecule has 7 heteroatoms. The Morgan fingerprint density at radius 1 is 1.14 bits per heavy atom. The number of ether oxygens (including phenoxy) is 1. The summed E-state index contributed by atoms with van der Waals surface area (Å²) in [5.41, 5.74) is 3.98. The first-order valence-corrected chi connectivity index (χ1v) is 9.47. The van der Waals surface area contributed by atoms with Crippen LogP contribution in [0.5, 0.6) is 5.75 Å². The van der Waals surface area contributed by atoms with Crippen LogP contribution in [-0.4, -0.2) is 43.1 Å². The van der Waals surface area contributed by atoms with Crippen LogP contribution in [0.4, 0.5) is 0 Å². The normalized spacial score (nSPS) is 14.9. The second kappa shape index (κ2) is 9.37. The van der Waals surface area contributed by atoms with Gasteiger partial charge in [-0.15, -0.1) is 0 Å². The molecule has 0 spiro atoms. The van der Waals surface area contributed by atoms with E-state index in [4.69, 9.17) is 16.3 Å². The number of para-hydroxylation sites is 1. The molecule has 1 fully saturated rings. The molecule has 0 atom stereocenters. The third-order valence-electron chi connectivity index (χ3n) is 4.76. The van der Waals surface area contributed by atoms with Crippen molar-refractivity contribution in [1.29, 1.82) is 0 Å². The third kappa shape index (κ3) is 4.89. The van der Waals surface area contributed by atoms with Gasteiger partial charge < -0.3 is 9.64 Å². The molecule has 3 rings (SSSR count). The Morgan fingerprint density at radius 3 is 2.50 bits per heavy atom. The van der Waals surface area contributed by atoms with Gasteiger partial charge in [-0.2, -0.15) is 5.10 Å². The summed E-state index contributed by atoms with van der Waals surface area (Å²) in [7, 11) is 1.59. The van der Waals surface area contributed by atoms with Crippen molar-refractivity contribution in [3.63, 3.8) is 0 Å². The van der Waals surface area contributed by atoms with Crippen molar-refractivity contribution in [1.82, 2.24) is 10.3 Å². The average molecular weight is 400 g/mol. The minimum Gasteiger partial charge on any atom is -0.496 e. The van der Waals surface area contributed by atoms with E-state index in [1.165, 1.54) is 0 Å². The highest BCUT2D eigenvalue weighted by Crippen LogP contribution is 2.20. The number of hydrazone groups is 1. The van der Waals surface area contributed by atoms with E-state index >= 15 is 0 Å². The summed E-state index contributed by atoms with van der Waals surface area (Å²) in [6.07, 6.45) is 2.78. The Bertz CT molecular complexity index is 859. The fourth-order valence-corrected chi connectivity index (χ4v) is 3.28. The number of piperidine rings is 1. The van der Waals surface area contributed by atoms with Crippen LogP contribution in [0.25, 0.3) is 0 Å². The number of nitrogens with zero attached hydrogens (tertiary/aromatic N) is 2. The lowest BCUT2D eigenvalue weighted by molar-refractivity contribution is -0.126. The zero-order valence-corrected chi connectivity index (χ0v) is 16.4. The molecular formula is C21H22ClN3O3. The van der Waals surface area contributed by atoms with Crippen LogP contribution in [0.1, 0.15) is 28.8 Å². The molecule has 6 nitrogen and oxygen atoms in total. The Labute approximate surface area is 169 Å². The van der Waals surface area contributed by atoms with Crippen molar-refractivity contribution in [3.8, 4) is 5.75 Å². The van der Waals surface area contributed by atoms with Gasteiger partial charge in [0, 0.05) is 35.2 Å². The van der Waals surface area contributed by atoms with Gasteiger partial charge in [0.25, 0.3) is 5.91 Å². The molecule has 0 saturated carbocycles. The van der Waals surface area contributed by atoms with Gasteiger partial charge in [0.15, 0.2) is 0 Å². The number of hydrogen-bond donors (Lipinski definition) is 1. The SMILES string of the molecule is COc1ccccc1/C=N\NC(=O)C1CCN(C(=O)c2ccc(Cl)cc2)CC1. The fourth-order valence-electron chi connectivity index (χ4n) is 3.15. The number of carbonyl (C=O) groups is 2. The lowest BCUT2D eigenvalue weighted by Crippen LogP contribution is -2.42. The van der Waals surface area contributed by atoms with E-state index < -0.39 is 0 Å². The zero-order chi connectivity index (χ0) is 19.9. The molecule has 2 aromatic rings. The van der Waals surface area contributed by atoms with E-state index in [-0.39, 0.29) is 17.7 Å². The summed E-state index contributed by atoms with van der Waals surface area (Å²) in [6, 6.07) is 14.3. The minimum absolute atomic E-state index is 0.0373. The summed E-state index contributed by atoms with van der Waals surface area (Å²) in [4.78, 5) is 26.6. The molecule has 1 N–H and O–H groups in total. The number of benzene rings is 2. The fraction of sp³-hybridized carbons (Fsp3) is 0.286. The summed E-state index contributed by atoms with van der Waals surface area (Å²) in [5.74, 6) is 0.355. The van der Waals surface area contributed by atoms with Crippen molar-refractivity contribution >= 4 is 29.6 Å².